The van der Waals surface area contributed by atoms with Crippen molar-refractivity contribution < 1.29 is 5.11 Å². The first-order valence-corrected chi connectivity index (χ1v) is 6.30. The highest BCUT2D eigenvalue weighted by atomic mass is 32.2. The van der Waals surface area contributed by atoms with E-state index in [-0.39, 0.29) is 6.61 Å². The molecule has 0 saturated carbocycles. The van der Waals surface area contributed by atoms with Crippen LogP contribution in [0.15, 0.2) is 29.2 Å². The summed E-state index contributed by atoms with van der Waals surface area (Å²) < 4.78 is 0. The van der Waals surface area contributed by atoms with E-state index in [0.29, 0.717) is 6.54 Å². The van der Waals surface area contributed by atoms with Gasteiger partial charge in [0.25, 0.3) is 0 Å². The van der Waals surface area contributed by atoms with Gasteiger partial charge in [-0.2, -0.15) is 5.26 Å². The lowest BCUT2D eigenvalue weighted by Gasteiger charge is -2.33. The van der Waals surface area contributed by atoms with Gasteiger partial charge < -0.3 is 5.11 Å². The maximum absolute atomic E-state index is 9.41. The van der Waals surface area contributed by atoms with Gasteiger partial charge in [-0.3, -0.25) is 5.32 Å². The molecule has 1 aromatic rings. The summed E-state index contributed by atoms with van der Waals surface area (Å²) in [4.78, 5) is 1.17. The first-order valence-electron chi connectivity index (χ1n) is 5.32. The number of aliphatic hydroxyl groups is 1. The van der Waals surface area contributed by atoms with Gasteiger partial charge in [0.05, 0.1) is 12.7 Å². The van der Waals surface area contributed by atoms with E-state index in [1.165, 1.54) is 4.90 Å². The molecule has 0 saturated heterocycles. The highest BCUT2D eigenvalue weighted by molar-refractivity contribution is 7.99. The van der Waals surface area contributed by atoms with Crippen LogP contribution >= 0.6 is 11.8 Å². The minimum Gasteiger partial charge on any atom is -0.395 e. The van der Waals surface area contributed by atoms with Gasteiger partial charge in [0, 0.05) is 17.2 Å². The van der Waals surface area contributed by atoms with E-state index in [1.54, 1.807) is 11.8 Å². The second-order valence-corrected chi connectivity index (χ2v) is 4.90. The highest BCUT2D eigenvalue weighted by Gasteiger charge is 2.36. The number of hydrogen-bond donors (Lipinski definition) is 2. The number of nitriles is 1. The second kappa shape index (κ2) is 4.88. The van der Waals surface area contributed by atoms with Gasteiger partial charge in [0.1, 0.15) is 5.54 Å². The van der Waals surface area contributed by atoms with Crippen LogP contribution < -0.4 is 5.32 Å². The lowest BCUT2D eigenvalue weighted by Crippen LogP contribution is -2.44. The second-order valence-electron chi connectivity index (χ2n) is 3.76. The Morgan fingerprint density at radius 1 is 1.50 bits per heavy atom. The molecule has 0 spiro atoms. The van der Waals surface area contributed by atoms with Crippen LogP contribution in [0, 0.1) is 11.3 Å². The molecule has 0 bridgehead atoms. The number of aliphatic hydroxyl groups excluding tert-OH is 1. The zero-order chi connectivity index (χ0) is 11.4. The largest absolute Gasteiger partial charge is 0.395 e. The molecule has 1 atom stereocenters. The third-order valence-corrected chi connectivity index (χ3v) is 3.89. The molecule has 1 unspecified atom stereocenters. The molecule has 0 fully saturated rings. The monoisotopic (exact) mass is 234 g/mol. The molecule has 3 nitrogen and oxygen atoms in total. The minimum atomic E-state index is -0.620. The maximum atomic E-state index is 9.41. The van der Waals surface area contributed by atoms with Gasteiger partial charge >= 0.3 is 0 Å². The van der Waals surface area contributed by atoms with E-state index in [9.17, 15) is 5.26 Å². The lowest BCUT2D eigenvalue weighted by molar-refractivity contribution is 0.269. The highest BCUT2D eigenvalue weighted by Crippen LogP contribution is 2.39. The number of fused-ring (bicyclic) bond motifs is 1. The molecule has 84 valence electrons. The summed E-state index contributed by atoms with van der Waals surface area (Å²) in [6.45, 7) is 0.505. The van der Waals surface area contributed by atoms with E-state index >= 15 is 0 Å². The van der Waals surface area contributed by atoms with Crippen molar-refractivity contribution in [3.8, 4) is 6.07 Å². The summed E-state index contributed by atoms with van der Waals surface area (Å²) in [6.07, 6.45) is 0.783. The first kappa shape index (κ1) is 11.5. The van der Waals surface area contributed by atoms with E-state index in [4.69, 9.17) is 5.11 Å². The van der Waals surface area contributed by atoms with Gasteiger partial charge in [0.15, 0.2) is 0 Å². The Morgan fingerprint density at radius 3 is 3.06 bits per heavy atom. The Labute approximate surface area is 99.5 Å². The van der Waals surface area contributed by atoms with Crippen molar-refractivity contribution in [2.24, 2.45) is 0 Å². The molecule has 4 heteroatoms. The van der Waals surface area contributed by atoms with E-state index < -0.39 is 5.54 Å². The number of thioether (sulfide) groups is 1. The predicted octanol–water partition coefficient (Wildman–Crippen LogP) is 1.48. The molecule has 2 N–H and O–H groups in total. The molecule has 2 rings (SSSR count). The average Bonchev–Trinajstić information content (AvgIpc) is 2.36. The van der Waals surface area contributed by atoms with Crippen molar-refractivity contribution in [2.45, 2.75) is 16.9 Å². The van der Waals surface area contributed by atoms with Gasteiger partial charge in [0.2, 0.25) is 0 Å². The molecular weight excluding hydrogens is 220 g/mol. The SMILES string of the molecule is N#CC1(NCCO)CCSc2ccccc21. The number of benzene rings is 1. The van der Waals surface area contributed by atoms with Gasteiger partial charge in [-0.25, -0.2) is 0 Å². The molecule has 0 radical (unpaired) electrons. The van der Waals surface area contributed by atoms with Crippen LogP contribution in [0.1, 0.15) is 12.0 Å². The third kappa shape index (κ3) is 1.94. The topological polar surface area (TPSA) is 56.0 Å². The zero-order valence-corrected chi connectivity index (χ0v) is 9.76. The number of rotatable bonds is 3. The number of nitrogens with zero attached hydrogens (tertiary/aromatic N) is 1. The molecule has 1 aliphatic rings. The van der Waals surface area contributed by atoms with Crippen LogP contribution in [0.5, 0.6) is 0 Å². The quantitative estimate of drug-likeness (QED) is 0.832. The summed E-state index contributed by atoms with van der Waals surface area (Å²) in [6, 6.07) is 10.4. The van der Waals surface area contributed by atoms with Crippen LogP contribution in [0.3, 0.4) is 0 Å². The fourth-order valence-electron chi connectivity index (χ4n) is 2.00. The van der Waals surface area contributed by atoms with Crippen molar-refractivity contribution in [3.05, 3.63) is 29.8 Å². The Hall–Kier alpha value is -1.02. The zero-order valence-electron chi connectivity index (χ0n) is 8.94. The summed E-state index contributed by atoms with van der Waals surface area (Å²) in [7, 11) is 0. The Kier molecular flexibility index (Phi) is 3.49. The average molecular weight is 234 g/mol. The van der Waals surface area contributed by atoms with Crippen molar-refractivity contribution in [1.29, 1.82) is 5.26 Å². The number of hydrogen-bond acceptors (Lipinski definition) is 4. The Morgan fingerprint density at radius 2 is 2.31 bits per heavy atom. The van der Waals surface area contributed by atoms with Crippen molar-refractivity contribution >= 4 is 11.8 Å². The van der Waals surface area contributed by atoms with Crippen molar-refractivity contribution in [2.75, 3.05) is 18.9 Å². The Balaban J connectivity index is 2.38. The van der Waals surface area contributed by atoms with E-state index in [2.05, 4.69) is 11.4 Å². The Bertz CT molecular complexity index is 416. The molecular formula is C12H14N2OS. The van der Waals surface area contributed by atoms with Crippen molar-refractivity contribution in [1.82, 2.24) is 5.32 Å². The fourth-order valence-corrected chi connectivity index (χ4v) is 3.20. The fraction of sp³-hybridized carbons (Fsp3) is 0.417. The molecule has 0 amide bonds. The molecule has 1 heterocycles. The third-order valence-electron chi connectivity index (χ3n) is 2.81. The van der Waals surface area contributed by atoms with Crippen LogP contribution in [-0.4, -0.2) is 24.0 Å². The maximum Gasteiger partial charge on any atom is 0.134 e. The molecule has 0 aliphatic carbocycles. The standard InChI is InChI=1S/C12H14N2OS/c13-9-12(14-6-7-15)5-8-16-11-4-2-1-3-10(11)12/h1-4,14-15H,5-8H2. The minimum absolute atomic E-state index is 0.0543. The van der Waals surface area contributed by atoms with Crippen LogP contribution in [0.4, 0.5) is 0 Å². The predicted molar refractivity (Wildman–Crippen MR) is 64.2 cm³/mol. The summed E-state index contributed by atoms with van der Waals surface area (Å²) >= 11 is 1.79. The molecule has 1 aliphatic heterocycles. The van der Waals surface area contributed by atoms with Crippen LogP contribution in [-0.2, 0) is 5.54 Å². The number of nitrogens with one attached hydrogen (secondary N) is 1. The van der Waals surface area contributed by atoms with Gasteiger partial charge in [-0.1, -0.05) is 18.2 Å². The smallest absolute Gasteiger partial charge is 0.134 e. The summed E-state index contributed by atoms with van der Waals surface area (Å²) in [5.74, 6) is 0.934. The lowest BCUT2D eigenvalue weighted by atomic mass is 9.88. The van der Waals surface area contributed by atoms with Gasteiger partial charge in [-0.05, 0) is 18.1 Å². The summed E-state index contributed by atoms with van der Waals surface area (Å²) in [5.41, 5.74) is 0.423. The normalized spacial score (nSPS) is 23.5. The first-order chi connectivity index (χ1) is 7.82. The molecule has 0 aromatic heterocycles. The van der Waals surface area contributed by atoms with Crippen LogP contribution in [0.25, 0.3) is 0 Å². The van der Waals surface area contributed by atoms with E-state index in [0.717, 1.165) is 17.7 Å². The van der Waals surface area contributed by atoms with Crippen molar-refractivity contribution in [3.63, 3.8) is 0 Å². The van der Waals surface area contributed by atoms with E-state index in [1.807, 2.05) is 24.3 Å². The molecule has 1 aromatic carbocycles. The van der Waals surface area contributed by atoms with Crippen LogP contribution in [0.2, 0.25) is 0 Å². The van der Waals surface area contributed by atoms with Gasteiger partial charge in [-0.15, -0.1) is 11.8 Å². The summed E-state index contributed by atoms with van der Waals surface area (Å²) in [5, 5.41) is 21.5. The molecule has 16 heavy (non-hydrogen) atoms.